The average Bonchev–Trinajstić information content (AvgIpc) is 2.66. The maximum atomic E-state index is 12.8. The van der Waals surface area contributed by atoms with Crippen LogP contribution in [0.4, 0.5) is 5.69 Å². The average molecular weight is 466 g/mol. The molecule has 2 aromatic rings. The van der Waals surface area contributed by atoms with Gasteiger partial charge < -0.3 is 4.90 Å². The Labute approximate surface area is 174 Å². The minimum Gasteiger partial charge on any atom is -0.339 e. The number of amides is 1. The zero-order chi connectivity index (χ0) is 20.1. The van der Waals surface area contributed by atoms with Gasteiger partial charge in [-0.25, -0.2) is 8.42 Å². The highest BCUT2D eigenvalue weighted by Crippen LogP contribution is 2.22. The van der Waals surface area contributed by atoms with Crippen molar-refractivity contribution in [1.82, 2.24) is 9.80 Å². The van der Waals surface area contributed by atoms with Crippen molar-refractivity contribution in [2.75, 3.05) is 43.3 Å². The number of rotatable bonds is 6. The first-order valence-corrected chi connectivity index (χ1v) is 11.7. The molecular formula is C20H24BrN3O3S. The van der Waals surface area contributed by atoms with E-state index in [2.05, 4.69) is 33.0 Å². The zero-order valence-corrected chi connectivity index (χ0v) is 18.2. The molecule has 1 saturated heterocycles. The third-order valence-electron chi connectivity index (χ3n) is 4.75. The molecule has 3 rings (SSSR count). The summed E-state index contributed by atoms with van der Waals surface area (Å²) in [5.74, 6) is -0.176. The Kier molecular flexibility index (Phi) is 6.74. The van der Waals surface area contributed by atoms with E-state index in [-0.39, 0.29) is 12.5 Å². The molecule has 150 valence electrons. The third kappa shape index (κ3) is 5.56. The summed E-state index contributed by atoms with van der Waals surface area (Å²) in [7, 11) is -3.57. The molecule has 0 spiro atoms. The number of carbonyl (C=O) groups excluding carboxylic acids is 1. The van der Waals surface area contributed by atoms with Crippen LogP contribution in [0.15, 0.2) is 59.1 Å². The normalized spacial score (nSPS) is 15.4. The van der Waals surface area contributed by atoms with Crippen LogP contribution in [-0.4, -0.2) is 63.1 Å². The van der Waals surface area contributed by atoms with Gasteiger partial charge in [-0.15, -0.1) is 0 Å². The van der Waals surface area contributed by atoms with Crippen molar-refractivity contribution in [3.8, 4) is 0 Å². The van der Waals surface area contributed by atoms with Crippen molar-refractivity contribution in [2.45, 2.75) is 6.54 Å². The van der Waals surface area contributed by atoms with Gasteiger partial charge in [0.2, 0.25) is 15.9 Å². The van der Waals surface area contributed by atoms with Crippen molar-refractivity contribution in [1.29, 1.82) is 0 Å². The summed E-state index contributed by atoms with van der Waals surface area (Å²) >= 11 is 3.35. The van der Waals surface area contributed by atoms with Crippen molar-refractivity contribution < 1.29 is 13.2 Å². The molecule has 0 radical (unpaired) electrons. The second-order valence-electron chi connectivity index (χ2n) is 6.89. The first-order chi connectivity index (χ1) is 13.3. The largest absolute Gasteiger partial charge is 0.339 e. The summed E-state index contributed by atoms with van der Waals surface area (Å²) in [4.78, 5) is 16.8. The number of benzene rings is 2. The van der Waals surface area contributed by atoms with E-state index in [0.717, 1.165) is 34.7 Å². The minimum absolute atomic E-state index is 0.176. The highest BCUT2D eigenvalue weighted by atomic mass is 79.9. The van der Waals surface area contributed by atoms with Crippen LogP contribution < -0.4 is 4.31 Å². The summed E-state index contributed by atoms with van der Waals surface area (Å²) in [5, 5.41) is 0. The van der Waals surface area contributed by atoms with Gasteiger partial charge in [-0.3, -0.25) is 14.0 Å². The first-order valence-electron chi connectivity index (χ1n) is 9.10. The van der Waals surface area contributed by atoms with Crippen LogP contribution >= 0.6 is 15.9 Å². The topological polar surface area (TPSA) is 60.9 Å². The number of carbonyl (C=O) groups is 1. The van der Waals surface area contributed by atoms with E-state index in [1.807, 2.05) is 24.3 Å². The summed E-state index contributed by atoms with van der Waals surface area (Å²) in [5.41, 5.74) is 1.73. The molecule has 6 nitrogen and oxygen atoms in total. The number of nitrogens with zero attached hydrogens (tertiary/aromatic N) is 3. The van der Waals surface area contributed by atoms with E-state index in [0.29, 0.717) is 18.8 Å². The predicted octanol–water partition coefficient (Wildman–Crippen LogP) is 2.56. The highest BCUT2D eigenvalue weighted by Gasteiger charge is 2.26. The number of piperazine rings is 1. The van der Waals surface area contributed by atoms with Crippen molar-refractivity contribution in [2.24, 2.45) is 0 Å². The summed E-state index contributed by atoms with van der Waals surface area (Å²) < 4.78 is 26.4. The second-order valence-corrected chi connectivity index (χ2v) is 9.71. The Hall–Kier alpha value is -1.90. The maximum Gasteiger partial charge on any atom is 0.243 e. The van der Waals surface area contributed by atoms with Crippen molar-refractivity contribution in [3.63, 3.8) is 0 Å². The Morgan fingerprint density at radius 1 is 1.04 bits per heavy atom. The number of anilines is 1. The molecule has 0 aliphatic carbocycles. The lowest BCUT2D eigenvalue weighted by Gasteiger charge is -2.35. The van der Waals surface area contributed by atoms with E-state index >= 15 is 0 Å². The molecule has 0 unspecified atom stereocenters. The van der Waals surface area contributed by atoms with Gasteiger partial charge in [0.05, 0.1) is 11.9 Å². The van der Waals surface area contributed by atoms with Crippen LogP contribution in [0.3, 0.4) is 0 Å². The lowest BCUT2D eigenvalue weighted by molar-refractivity contribution is -0.131. The van der Waals surface area contributed by atoms with Gasteiger partial charge in [0.25, 0.3) is 0 Å². The third-order valence-corrected chi connectivity index (χ3v) is 6.38. The van der Waals surface area contributed by atoms with Gasteiger partial charge in [0, 0.05) is 37.2 Å². The fourth-order valence-electron chi connectivity index (χ4n) is 3.25. The first kappa shape index (κ1) is 20.8. The van der Waals surface area contributed by atoms with E-state index in [4.69, 9.17) is 0 Å². The summed E-state index contributed by atoms with van der Waals surface area (Å²) in [6, 6.07) is 17.2. The number of hydrogen-bond donors (Lipinski definition) is 0. The predicted molar refractivity (Wildman–Crippen MR) is 115 cm³/mol. The number of sulfonamides is 1. The summed E-state index contributed by atoms with van der Waals surface area (Å²) in [6.07, 6.45) is 1.12. The molecule has 2 aromatic carbocycles. The molecule has 1 heterocycles. The quantitative estimate of drug-likeness (QED) is 0.657. The second kappa shape index (κ2) is 9.07. The van der Waals surface area contributed by atoms with Crippen molar-refractivity contribution >= 4 is 37.5 Å². The molecule has 0 bridgehead atoms. The lowest BCUT2D eigenvalue weighted by Crippen LogP contribution is -2.51. The fraction of sp³-hybridized carbons (Fsp3) is 0.350. The molecule has 1 aliphatic rings. The molecule has 28 heavy (non-hydrogen) atoms. The van der Waals surface area contributed by atoms with E-state index in [1.54, 1.807) is 23.1 Å². The standard InChI is InChI=1S/C20H24BrN3O3S/c1-28(26,27)24(19-9-5-8-18(21)14-19)16-20(25)23-12-10-22(11-13-23)15-17-6-3-2-4-7-17/h2-9,14H,10-13,15-16H2,1H3. The molecule has 1 amide bonds. The van der Waals surface area contributed by atoms with Gasteiger partial charge >= 0.3 is 0 Å². The lowest BCUT2D eigenvalue weighted by atomic mass is 10.2. The number of hydrogen-bond acceptors (Lipinski definition) is 4. The van der Waals surface area contributed by atoms with Gasteiger partial charge in [-0.2, -0.15) is 0 Å². The van der Waals surface area contributed by atoms with E-state index in [9.17, 15) is 13.2 Å². The highest BCUT2D eigenvalue weighted by molar-refractivity contribution is 9.10. The Morgan fingerprint density at radius 2 is 1.71 bits per heavy atom. The zero-order valence-electron chi connectivity index (χ0n) is 15.8. The Bertz CT molecular complexity index is 913. The van der Waals surface area contributed by atoms with E-state index < -0.39 is 10.0 Å². The van der Waals surface area contributed by atoms with Crippen LogP contribution in [0.2, 0.25) is 0 Å². The minimum atomic E-state index is -3.57. The summed E-state index contributed by atoms with van der Waals surface area (Å²) in [6.45, 7) is 3.42. The smallest absolute Gasteiger partial charge is 0.243 e. The van der Waals surface area contributed by atoms with Gasteiger partial charge in [-0.1, -0.05) is 52.3 Å². The molecule has 8 heteroatoms. The SMILES string of the molecule is CS(=O)(=O)N(CC(=O)N1CCN(Cc2ccccc2)CC1)c1cccc(Br)c1. The van der Waals surface area contributed by atoms with Crippen LogP contribution in [0.1, 0.15) is 5.56 Å². The molecule has 0 saturated carbocycles. The molecule has 0 atom stereocenters. The van der Waals surface area contributed by atoms with Crippen LogP contribution in [-0.2, 0) is 21.4 Å². The van der Waals surface area contributed by atoms with Crippen LogP contribution in [0.25, 0.3) is 0 Å². The van der Waals surface area contributed by atoms with Crippen LogP contribution in [0.5, 0.6) is 0 Å². The van der Waals surface area contributed by atoms with Crippen LogP contribution in [0, 0.1) is 0 Å². The van der Waals surface area contributed by atoms with E-state index in [1.165, 1.54) is 5.56 Å². The Morgan fingerprint density at radius 3 is 2.32 bits per heavy atom. The van der Waals surface area contributed by atoms with Gasteiger partial charge in [0.1, 0.15) is 6.54 Å². The fourth-order valence-corrected chi connectivity index (χ4v) is 4.48. The maximum absolute atomic E-state index is 12.8. The molecule has 0 N–H and O–H groups in total. The molecular weight excluding hydrogens is 442 g/mol. The monoisotopic (exact) mass is 465 g/mol. The van der Waals surface area contributed by atoms with Gasteiger partial charge in [-0.05, 0) is 23.8 Å². The van der Waals surface area contributed by atoms with Gasteiger partial charge in [0.15, 0.2) is 0 Å². The Balaban J connectivity index is 1.61. The molecule has 1 aliphatic heterocycles. The molecule has 1 fully saturated rings. The number of halogens is 1. The molecule has 0 aromatic heterocycles. The van der Waals surface area contributed by atoms with Crippen molar-refractivity contribution in [3.05, 3.63) is 64.6 Å².